The average molecular weight is 266 g/mol. The van der Waals surface area contributed by atoms with E-state index in [4.69, 9.17) is 4.74 Å². The molecule has 2 aromatic carbocycles. The zero-order chi connectivity index (χ0) is 13.9. The van der Waals surface area contributed by atoms with E-state index in [1.165, 1.54) is 6.33 Å². The van der Waals surface area contributed by atoms with Crippen LogP contribution >= 0.6 is 0 Å². The second-order valence-corrected chi connectivity index (χ2v) is 4.52. The van der Waals surface area contributed by atoms with Crippen LogP contribution in [0, 0.1) is 0 Å². The number of aromatic nitrogens is 2. The van der Waals surface area contributed by atoms with Crippen molar-refractivity contribution in [2.24, 2.45) is 0 Å². The van der Waals surface area contributed by atoms with Crippen LogP contribution in [-0.4, -0.2) is 15.1 Å². The van der Waals surface area contributed by atoms with Gasteiger partial charge >= 0.3 is 0 Å². The lowest BCUT2D eigenvalue weighted by Crippen LogP contribution is -2.03. The number of hydrogen-bond acceptors (Lipinski definition) is 4. The highest BCUT2D eigenvalue weighted by molar-refractivity contribution is 5.87. The fraction of sp³-hybridized carbons (Fsp3) is 0.125. The SMILES string of the molecule is C[C@H](Oc1cccc2c(O)ncnc12)c1ccccc1. The predicted molar refractivity (Wildman–Crippen MR) is 76.7 cm³/mol. The van der Waals surface area contributed by atoms with E-state index in [-0.39, 0.29) is 12.0 Å². The van der Waals surface area contributed by atoms with Crippen molar-refractivity contribution in [2.75, 3.05) is 0 Å². The molecule has 1 heterocycles. The monoisotopic (exact) mass is 266 g/mol. The van der Waals surface area contributed by atoms with Crippen LogP contribution in [-0.2, 0) is 0 Å². The van der Waals surface area contributed by atoms with Gasteiger partial charge in [0.1, 0.15) is 23.7 Å². The number of rotatable bonds is 3. The van der Waals surface area contributed by atoms with E-state index in [9.17, 15) is 5.11 Å². The molecule has 0 unspecified atom stereocenters. The molecule has 0 saturated carbocycles. The van der Waals surface area contributed by atoms with E-state index >= 15 is 0 Å². The Labute approximate surface area is 116 Å². The number of aromatic hydroxyl groups is 1. The highest BCUT2D eigenvalue weighted by Crippen LogP contribution is 2.30. The topological polar surface area (TPSA) is 55.2 Å². The molecule has 100 valence electrons. The van der Waals surface area contributed by atoms with Crippen LogP contribution in [0.15, 0.2) is 54.9 Å². The van der Waals surface area contributed by atoms with Gasteiger partial charge in [-0.25, -0.2) is 9.97 Å². The van der Waals surface area contributed by atoms with Crippen molar-refractivity contribution in [1.82, 2.24) is 9.97 Å². The van der Waals surface area contributed by atoms with Crippen LogP contribution in [0.3, 0.4) is 0 Å². The van der Waals surface area contributed by atoms with Crippen molar-refractivity contribution in [2.45, 2.75) is 13.0 Å². The highest BCUT2D eigenvalue weighted by atomic mass is 16.5. The molecule has 1 aromatic heterocycles. The van der Waals surface area contributed by atoms with E-state index in [0.29, 0.717) is 16.7 Å². The first kappa shape index (κ1) is 12.4. The third kappa shape index (κ3) is 2.28. The summed E-state index contributed by atoms with van der Waals surface area (Å²) in [6.45, 7) is 1.98. The predicted octanol–water partition coefficient (Wildman–Crippen LogP) is 3.48. The van der Waals surface area contributed by atoms with E-state index in [2.05, 4.69) is 9.97 Å². The molecule has 4 heteroatoms. The van der Waals surface area contributed by atoms with E-state index in [0.717, 1.165) is 5.56 Å². The minimum atomic E-state index is -0.0982. The molecule has 0 fully saturated rings. The Bertz CT molecular complexity index is 729. The lowest BCUT2D eigenvalue weighted by Gasteiger charge is -2.16. The smallest absolute Gasteiger partial charge is 0.222 e. The van der Waals surface area contributed by atoms with Crippen LogP contribution in [0.2, 0.25) is 0 Å². The minimum Gasteiger partial charge on any atom is -0.493 e. The Kier molecular flexibility index (Phi) is 3.21. The Balaban J connectivity index is 1.97. The van der Waals surface area contributed by atoms with Gasteiger partial charge in [0.2, 0.25) is 5.88 Å². The molecule has 3 rings (SSSR count). The summed E-state index contributed by atoms with van der Waals surface area (Å²) in [5, 5.41) is 10.3. The Morgan fingerprint density at radius 3 is 2.60 bits per heavy atom. The Morgan fingerprint density at radius 1 is 1.00 bits per heavy atom. The number of hydrogen-bond donors (Lipinski definition) is 1. The molecule has 0 aliphatic heterocycles. The quantitative estimate of drug-likeness (QED) is 0.788. The summed E-state index contributed by atoms with van der Waals surface area (Å²) in [7, 11) is 0. The van der Waals surface area contributed by atoms with Gasteiger partial charge in [0.05, 0.1) is 5.39 Å². The number of para-hydroxylation sites is 1. The van der Waals surface area contributed by atoms with Crippen molar-refractivity contribution in [3.8, 4) is 11.6 Å². The first-order valence-corrected chi connectivity index (χ1v) is 6.40. The molecular formula is C16H14N2O2. The minimum absolute atomic E-state index is 0.0344. The second-order valence-electron chi connectivity index (χ2n) is 4.52. The van der Waals surface area contributed by atoms with Gasteiger partial charge in [-0.3, -0.25) is 0 Å². The number of benzene rings is 2. The molecule has 0 amide bonds. The summed E-state index contributed by atoms with van der Waals surface area (Å²) >= 11 is 0. The lowest BCUT2D eigenvalue weighted by atomic mass is 10.1. The summed E-state index contributed by atoms with van der Waals surface area (Å²) < 4.78 is 5.97. The molecule has 1 atom stereocenters. The summed E-state index contributed by atoms with van der Waals surface area (Å²) in [6.07, 6.45) is 1.23. The standard InChI is InChI=1S/C16H14N2O2/c1-11(12-6-3-2-4-7-12)20-14-9-5-8-13-15(14)17-10-18-16(13)19/h2-11H,1H3,(H,17,18,19)/t11-/m0/s1. The van der Waals surface area contributed by atoms with Crippen molar-refractivity contribution in [3.05, 3.63) is 60.4 Å². The maximum absolute atomic E-state index is 9.74. The first-order chi connectivity index (χ1) is 9.75. The molecule has 0 aliphatic rings. The summed E-state index contributed by atoms with van der Waals surface area (Å²) in [4.78, 5) is 7.97. The van der Waals surface area contributed by atoms with Crippen LogP contribution in [0.4, 0.5) is 0 Å². The van der Waals surface area contributed by atoms with Gasteiger partial charge < -0.3 is 9.84 Å². The zero-order valence-electron chi connectivity index (χ0n) is 11.0. The number of fused-ring (bicyclic) bond motifs is 1. The molecular weight excluding hydrogens is 252 g/mol. The van der Waals surface area contributed by atoms with Gasteiger partial charge in [-0.15, -0.1) is 0 Å². The largest absolute Gasteiger partial charge is 0.493 e. The summed E-state index contributed by atoms with van der Waals surface area (Å²) in [5.41, 5.74) is 1.70. The van der Waals surface area contributed by atoms with Crippen molar-refractivity contribution in [3.63, 3.8) is 0 Å². The third-order valence-electron chi connectivity index (χ3n) is 3.18. The number of nitrogens with zero attached hydrogens (tertiary/aromatic N) is 2. The van der Waals surface area contributed by atoms with Crippen LogP contribution in [0.5, 0.6) is 11.6 Å². The van der Waals surface area contributed by atoms with E-state index < -0.39 is 0 Å². The highest BCUT2D eigenvalue weighted by Gasteiger charge is 2.11. The summed E-state index contributed by atoms with van der Waals surface area (Å²) in [6, 6.07) is 15.4. The Morgan fingerprint density at radius 2 is 1.80 bits per heavy atom. The zero-order valence-corrected chi connectivity index (χ0v) is 11.0. The molecule has 3 aromatic rings. The maximum atomic E-state index is 9.74. The molecule has 0 saturated heterocycles. The fourth-order valence-corrected chi connectivity index (χ4v) is 2.12. The van der Waals surface area contributed by atoms with Gasteiger partial charge in [-0.05, 0) is 24.6 Å². The van der Waals surface area contributed by atoms with Crippen molar-refractivity contribution >= 4 is 10.9 Å². The average Bonchev–Trinajstić information content (AvgIpc) is 2.49. The molecule has 0 spiro atoms. The molecule has 0 bridgehead atoms. The molecule has 0 radical (unpaired) electrons. The van der Waals surface area contributed by atoms with Crippen LogP contribution in [0.25, 0.3) is 10.9 Å². The van der Waals surface area contributed by atoms with Gasteiger partial charge in [0, 0.05) is 0 Å². The van der Waals surface area contributed by atoms with Crippen LogP contribution in [0.1, 0.15) is 18.6 Å². The van der Waals surface area contributed by atoms with Gasteiger partial charge in [0.15, 0.2) is 0 Å². The fourth-order valence-electron chi connectivity index (χ4n) is 2.12. The normalized spacial score (nSPS) is 12.2. The van der Waals surface area contributed by atoms with Crippen LogP contribution < -0.4 is 4.74 Å². The molecule has 1 N–H and O–H groups in total. The van der Waals surface area contributed by atoms with E-state index in [1.54, 1.807) is 6.07 Å². The number of ether oxygens (including phenoxy) is 1. The second kappa shape index (κ2) is 5.17. The molecule has 4 nitrogen and oxygen atoms in total. The first-order valence-electron chi connectivity index (χ1n) is 6.40. The van der Waals surface area contributed by atoms with Gasteiger partial charge in [0.25, 0.3) is 0 Å². The van der Waals surface area contributed by atoms with E-state index in [1.807, 2.05) is 49.4 Å². The summed E-state index contributed by atoms with van der Waals surface area (Å²) in [5.74, 6) is 0.601. The van der Waals surface area contributed by atoms with Crippen molar-refractivity contribution < 1.29 is 9.84 Å². The molecule has 20 heavy (non-hydrogen) atoms. The maximum Gasteiger partial charge on any atom is 0.222 e. The van der Waals surface area contributed by atoms with Gasteiger partial charge in [-0.1, -0.05) is 36.4 Å². The third-order valence-corrected chi connectivity index (χ3v) is 3.18. The lowest BCUT2D eigenvalue weighted by molar-refractivity contribution is 0.229. The van der Waals surface area contributed by atoms with Crippen molar-refractivity contribution in [1.29, 1.82) is 0 Å². The Hall–Kier alpha value is -2.62. The molecule has 0 aliphatic carbocycles. The van der Waals surface area contributed by atoms with Gasteiger partial charge in [-0.2, -0.15) is 0 Å².